The molecule has 0 fully saturated rings. The molecule has 114 valence electrons. The molecule has 22 heavy (non-hydrogen) atoms. The number of aromatic nitrogens is 1. The van der Waals surface area contributed by atoms with Crippen molar-refractivity contribution >= 4 is 54.2 Å². The van der Waals surface area contributed by atoms with Crippen LogP contribution < -0.4 is 0 Å². The van der Waals surface area contributed by atoms with Gasteiger partial charge in [0.2, 0.25) is 0 Å². The first-order valence-electron chi connectivity index (χ1n) is 6.05. The molecule has 0 bridgehead atoms. The average molecular weight is 376 g/mol. The van der Waals surface area contributed by atoms with Gasteiger partial charge in [-0.1, -0.05) is 29.8 Å². The molecule has 0 radical (unpaired) electrons. The van der Waals surface area contributed by atoms with Crippen molar-refractivity contribution in [1.82, 2.24) is 3.97 Å². The summed E-state index contributed by atoms with van der Waals surface area (Å²) in [4.78, 5) is 0.490. The Morgan fingerprint density at radius 1 is 1.09 bits per heavy atom. The number of hydrogen-bond donors (Lipinski definition) is 0. The Hall–Kier alpha value is -1.21. The molecule has 0 saturated heterocycles. The van der Waals surface area contributed by atoms with Gasteiger partial charge in [0.25, 0.3) is 10.0 Å². The van der Waals surface area contributed by atoms with E-state index in [9.17, 15) is 12.8 Å². The summed E-state index contributed by atoms with van der Waals surface area (Å²) < 4.78 is 40.7. The van der Waals surface area contributed by atoms with E-state index in [0.717, 1.165) is 14.9 Å². The topological polar surface area (TPSA) is 39.1 Å². The zero-order chi connectivity index (χ0) is 15.9. The van der Waals surface area contributed by atoms with Crippen LogP contribution in [0.3, 0.4) is 0 Å². The minimum absolute atomic E-state index is 0.0531. The maximum atomic E-state index is 14.4. The van der Waals surface area contributed by atoms with Gasteiger partial charge in [0.15, 0.2) is 5.82 Å². The van der Waals surface area contributed by atoms with E-state index in [4.69, 9.17) is 22.3 Å². The molecule has 3 aromatic rings. The van der Waals surface area contributed by atoms with Crippen molar-refractivity contribution in [3.05, 3.63) is 59.5 Å². The van der Waals surface area contributed by atoms with Crippen molar-refractivity contribution in [2.45, 2.75) is 9.79 Å². The van der Waals surface area contributed by atoms with Crippen molar-refractivity contribution in [3.8, 4) is 0 Å². The number of rotatable bonds is 3. The third-order valence-electron chi connectivity index (χ3n) is 3.17. The van der Waals surface area contributed by atoms with Gasteiger partial charge in [-0.25, -0.2) is 16.8 Å². The number of benzene rings is 2. The molecule has 1 heterocycles. The van der Waals surface area contributed by atoms with E-state index in [1.165, 1.54) is 24.4 Å². The molecule has 8 heteroatoms. The third kappa shape index (κ3) is 2.40. The zero-order valence-electron chi connectivity index (χ0n) is 10.8. The van der Waals surface area contributed by atoms with Gasteiger partial charge in [-0.15, -0.1) is 0 Å². The molecular formula is C14H8Cl2FNO2S2. The maximum absolute atomic E-state index is 14.4. The molecule has 0 aliphatic heterocycles. The molecule has 3 rings (SSSR count). The summed E-state index contributed by atoms with van der Waals surface area (Å²) in [5.41, 5.74) is -0.112. The molecular weight excluding hydrogens is 368 g/mol. The first-order valence-corrected chi connectivity index (χ1v) is 9.51. The van der Waals surface area contributed by atoms with Crippen molar-refractivity contribution in [1.29, 1.82) is 0 Å². The van der Waals surface area contributed by atoms with Crippen LogP contribution in [0.25, 0.3) is 10.9 Å². The summed E-state index contributed by atoms with van der Waals surface area (Å²) in [5.74, 6) is -0.796. The van der Waals surface area contributed by atoms with Crippen LogP contribution in [-0.4, -0.2) is 12.4 Å². The molecule has 0 aliphatic rings. The molecule has 0 spiro atoms. The van der Waals surface area contributed by atoms with Gasteiger partial charge in [-0.2, -0.15) is 0 Å². The lowest BCUT2D eigenvalue weighted by atomic mass is 10.2. The lowest BCUT2D eigenvalue weighted by molar-refractivity contribution is 0.586. The normalized spacial score (nSPS) is 12.0. The fourth-order valence-corrected chi connectivity index (χ4v) is 4.52. The first-order chi connectivity index (χ1) is 10.5. The van der Waals surface area contributed by atoms with E-state index in [-0.39, 0.29) is 15.4 Å². The van der Waals surface area contributed by atoms with E-state index < -0.39 is 15.8 Å². The largest absolute Gasteiger partial charge is 0.268 e. The molecule has 0 amide bonds. The van der Waals surface area contributed by atoms with Crippen LogP contribution in [0.2, 0.25) is 5.02 Å². The Labute approximate surface area is 140 Å². The minimum Gasteiger partial charge on any atom is -0.237 e. The first kappa shape index (κ1) is 15.7. The molecule has 3 nitrogen and oxygen atoms in total. The second-order valence-electron chi connectivity index (χ2n) is 4.44. The minimum atomic E-state index is -3.95. The van der Waals surface area contributed by atoms with Crippen LogP contribution in [0.1, 0.15) is 0 Å². The quantitative estimate of drug-likeness (QED) is 0.652. The average Bonchev–Trinajstić information content (AvgIpc) is 2.92. The fraction of sp³-hybridized carbons (Fsp3) is 0. The van der Waals surface area contributed by atoms with E-state index >= 15 is 0 Å². The fourth-order valence-electron chi connectivity index (χ4n) is 2.15. The number of halogens is 3. The van der Waals surface area contributed by atoms with Crippen molar-refractivity contribution in [2.75, 3.05) is 0 Å². The Morgan fingerprint density at radius 2 is 1.77 bits per heavy atom. The van der Waals surface area contributed by atoms with Crippen LogP contribution in [0.4, 0.5) is 4.39 Å². The SMILES string of the molecule is O=S(=O)(c1ccccc1)n1cc(SCl)c2ccc(Cl)c(F)c21. The number of nitrogens with zero attached hydrogens (tertiary/aromatic N) is 1. The predicted octanol–water partition coefficient (Wildman–Crippen LogP) is 4.92. The van der Waals surface area contributed by atoms with E-state index in [2.05, 4.69) is 0 Å². The third-order valence-corrected chi connectivity index (χ3v) is 6.13. The van der Waals surface area contributed by atoms with Crippen LogP contribution >= 0.6 is 33.3 Å². The highest BCUT2D eigenvalue weighted by atomic mass is 35.7. The van der Waals surface area contributed by atoms with Gasteiger partial charge in [-0.05, 0) is 45.9 Å². The highest BCUT2D eigenvalue weighted by molar-refractivity contribution is 8.21. The van der Waals surface area contributed by atoms with Crippen molar-refractivity contribution in [3.63, 3.8) is 0 Å². The summed E-state index contributed by atoms with van der Waals surface area (Å²) in [6.07, 6.45) is 1.30. The molecule has 0 unspecified atom stereocenters. The molecule has 0 N–H and O–H groups in total. The van der Waals surface area contributed by atoms with Crippen molar-refractivity contribution in [2.24, 2.45) is 0 Å². The van der Waals surface area contributed by atoms with Gasteiger partial charge in [0, 0.05) is 11.6 Å². The van der Waals surface area contributed by atoms with Crippen molar-refractivity contribution < 1.29 is 12.8 Å². The zero-order valence-corrected chi connectivity index (χ0v) is 14.0. The van der Waals surface area contributed by atoms with Gasteiger partial charge in [0.05, 0.1) is 14.8 Å². The highest BCUT2D eigenvalue weighted by Crippen LogP contribution is 2.37. The number of fused-ring (bicyclic) bond motifs is 1. The van der Waals surface area contributed by atoms with Crippen LogP contribution in [0, 0.1) is 5.82 Å². The Balaban J connectivity index is 2.39. The predicted molar refractivity (Wildman–Crippen MR) is 87.6 cm³/mol. The summed E-state index contributed by atoms with van der Waals surface area (Å²) in [7, 11) is 2.63. The van der Waals surface area contributed by atoms with Gasteiger partial charge in [-0.3, -0.25) is 0 Å². The Bertz CT molecular complexity index is 956. The smallest absolute Gasteiger partial charge is 0.237 e. The molecule has 2 aromatic carbocycles. The second-order valence-corrected chi connectivity index (χ2v) is 7.72. The molecule has 1 aromatic heterocycles. The van der Waals surface area contributed by atoms with E-state index in [1.807, 2.05) is 0 Å². The van der Waals surface area contributed by atoms with Gasteiger partial charge >= 0.3 is 0 Å². The standard InChI is InChI=1S/C14H8Cl2FNO2S2/c15-11-7-6-10-12(21-16)8-18(14(10)13(11)17)22(19,20)9-4-2-1-3-5-9/h1-8H. The van der Waals surface area contributed by atoms with Gasteiger partial charge in [0.1, 0.15) is 5.52 Å². The van der Waals surface area contributed by atoms with Crippen LogP contribution in [0.5, 0.6) is 0 Å². The monoisotopic (exact) mass is 375 g/mol. The Kier molecular flexibility index (Phi) is 4.11. The molecule has 0 saturated carbocycles. The highest BCUT2D eigenvalue weighted by Gasteiger charge is 2.24. The summed E-state index contributed by atoms with van der Waals surface area (Å²) in [5, 5.41) is 0.239. The van der Waals surface area contributed by atoms with Gasteiger partial charge < -0.3 is 0 Å². The lowest BCUT2D eigenvalue weighted by Crippen LogP contribution is -2.12. The van der Waals surface area contributed by atoms with E-state index in [1.54, 1.807) is 24.3 Å². The number of hydrogen-bond acceptors (Lipinski definition) is 3. The summed E-state index contributed by atoms with van der Waals surface area (Å²) in [6, 6.07) is 10.7. The van der Waals surface area contributed by atoms with Crippen LogP contribution in [-0.2, 0) is 10.0 Å². The lowest BCUT2D eigenvalue weighted by Gasteiger charge is -2.08. The Morgan fingerprint density at radius 3 is 2.41 bits per heavy atom. The second kappa shape index (κ2) is 5.77. The van der Waals surface area contributed by atoms with E-state index in [0.29, 0.717) is 10.3 Å². The maximum Gasteiger partial charge on any atom is 0.268 e. The summed E-state index contributed by atoms with van der Waals surface area (Å²) in [6.45, 7) is 0. The molecule has 0 atom stereocenters. The van der Waals surface area contributed by atoms with Crippen LogP contribution in [0.15, 0.2) is 58.5 Å². The molecule has 0 aliphatic carbocycles. The summed E-state index contributed by atoms with van der Waals surface area (Å²) >= 11 is 5.79.